The van der Waals surface area contributed by atoms with Crippen molar-refractivity contribution in [3.05, 3.63) is 58.5 Å². The molecule has 1 N–H and O–H groups in total. The summed E-state index contributed by atoms with van der Waals surface area (Å²) in [4.78, 5) is 25.2. The van der Waals surface area contributed by atoms with Crippen LogP contribution in [0.2, 0.25) is 5.02 Å². The maximum atomic E-state index is 12.6. The normalized spacial score (nSPS) is 17.4. The molecule has 5 nitrogen and oxygen atoms in total. The third-order valence-electron chi connectivity index (χ3n) is 4.08. The van der Waals surface area contributed by atoms with E-state index in [0.29, 0.717) is 18.0 Å². The van der Waals surface area contributed by atoms with Gasteiger partial charge >= 0.3 is 5.97 Å². The molecule has 0 aliphatic carbocycles. The van der Waals surface area contributed by atoms with Crippen molar-refractivity contribution in [2.45, 2.75) is 25.3 Å². The number of likely N-dealkylation sites (tertiary alicyclic amines) is 1. The van der Waals surface area contributed by atoms with Crippen LogP contribution in [0.4, 0.5) is 0 Å². The average Bonchev–Trinajstić information content (AvgIpc) is 3.18. The highest BCUT2D eigenvalue weighted by molar-refractivity contribution is 6.31. The molecule has 0 saturated carbocycles. The van der Waals surface area contributed by atoms with Gasteiger partial charge in [-0.2, -0.15) is 0 Å². The number of hydrogen-bond acceptors (Lipinski definition) is 3. The summed E-state index contributed by atoms with van der Waals surface area (Å²) in [5.41, 5.74) is 1.00. The number of carboxylic acid groups (broad SMARTS) is 1. The lowest BCUT2D eigenvalue weighted by atomic mass is 10.0. The van der Waals surface area contributed by atoms with E-state index in [4.69, 9.17) is 21.1 Å². The highest BCUT2D eigenvalue weighted by Crippen LogP contribution is 2.26. The number of amides is 1. The minimum Gasteiger partial charge on any atom is -0.475 e. The van der Waals surface area contributed by atoms with Crippen molar-refractivity contribution in [1.82, 2.24) is 4.90 Å². The Morgan fingerprint density at radius 2 is 1.96 bits per heavy atom. The van der Waals surface area contributed by atoms with Crippen LogP contribution in [-0.4, -0.2) is 34.5 Å². The molecule has 1 aromatic heterocycles. The molecule has 1 aliphatic heterocycles. The van der Waals surface area contributed by atoms with Crippen molar-refractivity contribution < 1.29 is 19.1 Å². The standard InChI is InChI=1S/C17H16ClNO4/c18-13-6-2-1-4-11(13)10-12-5-3-9-19(12)16(20)14-7-8-15(23-14)17(21)22/h1-2,4,6-8,12H,3,5,9-10H2,(H,21,22)/t12-/m1/s1. The second-order valence-corrected chi connectivity index (χ2v) is 5.97. The number of hydrogen-bond donors (Lipinski definition) is 1. The van der Waals surface area contributed by atoms with E-state index in [1.807, 2.05) is 24.3 Å². The average molecular weight is 334 g/mol. The molecule has 1 aromatic carbocycles. The Hall–Kier alpha value is -2.27. The van der Waals surface area contributed by atoms with E-state index >= 15 is 0 Å². The monoisotopic (exact) mass is 333 g/mol. The predicted molar refractivity (Wildman–Crippen MR) is 84.9 cm³/mol. The van der Waals surface area contributed by atoms with Gasteiger partial charge in [0, 0.05) is 17.6 Å². The van der Waals surface area contributed by atoms with Crippen LogP contribution in [0.15, 0.2) is 40.8 Å². The summed E-state index contributed by atoms with van der Waals surface area (Å²) in [6.45, 7) is 0.636. The van der Waals surface area contributed by atoms with Crippen molar-refractivity contribution in [2.75, 3.05) is 6.54 Å². The molecule has 1 amide bonds. The van der Waals surface area contributed by atoms with Crippen molar-refractivity contribution in [3.63, 3.8) is 0 Å². The summed E-state index contributed by atoms with van der Waals surface area (Å²) < 4.78 is 5.12. The summed E-state index contributed by atoms with van der Waals surface area (Å²) in [6.07, 6.45) is 2.48. The van der Waals surface area contributed by atoms with Gasteiger partial charge in [-0.05, 0) is 43.0 Å². The Morgan fingerprint density at radius 1 is 1.22 bits per heavy atom. The second kappa shape index (κ2) is 6.46. The van der Waals surface area contributed by atoms with Gasteiger partial charge in [-0.3, -0.25) is 4.79 Å². The number of carboxylic acids is 1. The minimum absolute atomic E-state index is 0.0424. The van der Waals surface area contributed by atoms with Crippen LogP contribution >= 0.6 is 11.6 Å². The lowest BCUT2D eigenvalue weighted by Crippen LogP contribution is -2.36. The molecule has 3 rings (SSSR count). The topological polar surface area (TPSA) is 70.8 Å². The summed E-state index contributed by atoms with van der Waals surface area (Å²) in [6, 6.07) is 10.3. The van der Waals surface area contributed by atoms with Gasteiger partial charge in [0.1, 0.15) is 0 Å². The van der Waals surface area contributed by atoms with Gasteiger partial charge in [0.25, 0.3) is 5.91 Å². The quantitative estimate of drug-likeness (QED) is 0.929. The number of halogens is 1. The Bertz CT molecular complexity index is 740. The molecular weight excluding hydrogens is 318 g/mol. The zero-order valence-electron chi connectivity index (χ0n) is 12.4. The lowest BCUT2D eigenvalue weighted by Gasteiger charge is -2.24. The first kappa shape index (κ1) is 15.6. The van der Waals surface area contributed by atoms with Gasteiger partial charge in [0.15, 0.2) is 5.76 Å². The third kappa shape index (κ3) is 3.24. The molecule has 0 unspecified atom stereocenters. The van der Waals surface area contributed by atoms with Gasteiger partial charge in [-0.1, -0.05) is 29.8 Å². The molecule has 1 fully saturated rings. The van der Waals surface area contributed by atoms with Gasteiger partial charge in [-0.15, -0.1) is 0 Å². The fourth-order valence-corrected chi connectivity index (χ4v) is 3.16. The Morgan fingerprint density at radius 3 is 2.65 bits per heavy atom. The van der Waals surface area contributed by atoms with Crippen molar-refractivity contribution in [2.24, 2.45) is 0 Å². The van der Waals surface area contributed by atoms with E-state index in [2.05, 4.69) is 0 Å². The predicted octanol–water partition coefficient (Wildman–Crippen LogP) is 3.48. The number of carbonyl (C=O) groups excluding carboxylic acids is 1. The Kier molecular flexibility index (Phi) is 4.39. The first-order chi connectivity index (χ1) is 11.1. The summed E-state index contributed by atoms with van der Waals surface area (Å²) in [5.74, 6) is -1.62. The van der Waals surface area contributed by atoms with Crippen LogP contribution < -0.4 is 0 Å². The van der Waals surface area contributed by atoms with Crippen LogP contribution in [0.5, 0.6) is 0 Å². The molecule has 1 saturated heterocycles. The van der Waals surface area contributed by atoms with Crippen LogP contribution in [-0.2, 0) is 6.42 Å². The van der Waals surface area contributed by atoms with Gasteiger partial charge in [-0.25, -0.2) is 4.79 Å². The van der Waals surface area contributed by atoms with Crippen molar-refractivity contribution >= 4 is 23.5 Å². The first-order valence-corrected chi connectivity index (χ1v) is 7.81. The molecule has 2 heterocycles. The third-order valence-corrected chi connectivity index (χ3v) is 4.45. The van der Waals surface area contributed by atoms with Crippen LogP contribution in [0.25, 0.3) is 0 Å². The number of rotatable bonds is 4. The number of aromatic carboxylic acids is 1. The van der Waals surface area contributed by atoms with E-state index < -0.39 is 5.97 Å². The van der Waals surface area contributed by atoms with Crippen LogP contribution in [0.3, 0.4) is 0 Å². The van der Waals surface area contributed by atoms with Crippen LogP contribution in [0.1, 0.15) is 39.5 Å². The Balaban J connectivity index is 1.76. The highest BCUT2D eigenvalue weighted by Gasteiger charge is 2.31. The molecule has 0 radical (unpaired) electrons. The molecule has 1 atom stereocenters. The number of benzene rings is 1. The second-order valence-electron chi connectivity index (χ2n) is 5.56. The minimum atomic E-state index is -1.18. The lowest BCUT2D eigenvalue weighted by molar-refractivity contribution is 0.0646. The first-order valence-electron chi connectivity index (χ1n) is 7.44. The molecule has 23 heavy (non-hydrogen) atoms. The summed E-state index contributed by atoms with van der Waals surface area (Å²) in [5, 5.41) is 9.58. The molecule has 120 valence electrons. The fourth-order valence-electron chi connectivity index (χ4n) is 2.94. The molecule has 0 bridgehead atoms. The maximum Gasteiger partial charge on any atom is 0.371 e. The molecular formula is C17H16ClNO4. The largest absolute Gasteiger partial charge is 0.475 e. The van der Waals surface area contributed by atoms with E-state index in [0.717, 1.165) is 18.4 Å². The van der Waals surface area contributed by atoms with E-state index in [9.17, 15) is 9.59 Å². The van der Waals surface area contributed by atoms with Gasteiger partial charge in [0.2, 0.25) is 5.76 Å². The number of carbonyl (C=O) groups is 2. The molecule has 0 spiro atoms. The summed E-state index contributed by atoms with van der Waals surface area (Å²) >= 11 is 6.20. The maximum absolute atomic E-state index is 12.6. The van der Waals surface area contributed by atoms with Crippen molar-refractivity contribution in [3.8, 4) is 0 Å². The van der Waals surface area contributed by atoms with Gasteiger partial charge < -0.3 is 14.4 Å². The molecule has 1 aliphatic rings. The van der Waals surface area contributed by atoms with Crippen molar-refractivity contribution in [1.29, 1.82) is 0 Å². The fraction of sp³-hybridized carbons (Fsp3) is 0.294. The van der Waals surface area contributed by atoms with E-state index in [-0.39, 0.29) is 23.5 Å². The highest BCUT2D eigenvalue weighted by atomic mass is 35.5. The zero-order chi connectivity index (χ0) is 16.4. The molecule has 6 heteroatoms. The zero-order valence-corrected chi connectivity index (χ0v) is 13.1. The summed E-state index contributed by atoms with van der Waals surface area (Å²) in [7, 11) is 0. The van der Waals surface area contributed by atoms with Crippen LogP contribution in [0, 0.1) is 0 Å². The smallest absolute Gasteiger partial charge is 0.371 e. The SMILES string of the molecule is O=C(O)c1ccc(C(=O)N2CCC[C@@H]2Cc2ccccc2Cl)o1. The number of nitrogens with zero attached hydrogens (tertiary/aromatic N) is 1. The van der Waals surface area contributed by atoms with E-state index in [1.54, 1.807) is 4.90 Å². The number of furan rings is 1. The van der Waals surface area contributed by atoms with E-state index in [1.165, 1.54) is 12.1 Å². The molecule has 2 aromatic rings. The Labute approximate surface area is 138 Å². The van der Waals surface area contributed by atoms with Gasteiger partial charge in [0.05, 0.1) is 0 Å².